The average Bonchev–Trinajstić information content (AvgIpc) is 2.70. The Labute approximate surface area is 178 Å². The van der Waals surface area contributed by atoms with Gasteiger partial charge in [0, 0.05) is 0 Å². The molecule has 0 spiro atoms. The second-order valence-electron chi connectivity index (χ2n) is 6.23. The van der Waals surface area contributed by atoms with Gasteiger partial charge < -0.3 is 0 Å². The van der Waals surface area contributed by atoms with Crippen molar-refractivity contribution in [1.82, 2.24) is 0 Å². The van der Waals surface area contributed by atoms with Crippen molar-refractivity contribution in [1.29, 1.82) is 0 Å². The monoisotopic (exact) mass is 468 g/mol. The zero-order valence-electron chi connectivity index (χ0n) is 15.9. The molecule has 3 aromatic carbocycles. The molecule has 0 saturated carbocycles. The Kier molecular flexibility index (Phi) is 7.75. The van der Waals surface area contributed by atoms with Gasteiger partial charge in [-0.05, 0) is 0 Å². The third-order valence-corrected chi connectivity index (χ3v) is 15.3. The van der Waals surface area contributed by atoms with E-state index in [0.29, 0.717) is 14.3 Å². The number of para-hydroxylation sites is 1. The Hall–Kier alpha value is -2.04. The molecule has 0 aliphatic carbocycles. The van der Waals surface area contributed by atoms with Gasteiger partial charge in [0.05, 0.1) is 0 Å². The van der Waals surface area contributed by atoms with Crippen molar-refractivity contribution >= 4 is 53.2 Å². The van der Waals surface area contributed by atoms with Crippen LogP contribution in [0.4, 0.5) is 5.69 Å². The van der Waals surface area contributed by atoms with Crippen molar-refractivity contribution < 1.29 is 4.79 Å². The Balaban J connectivity index is 1.88. The SMILES string of the molecule is CC(=O)/C=C(\C)Nc1ccccc1S[Si]([Se]c1ccccc1)c1ccccc1. The van der Waals surface area contributed by atoms with Crippen molar-refractivity contribution in [2.24, 2.45) is 0 Å². The fourth-order valence-electron chi connectivity index (χ4n) is 2.62. The van der Waals surface area contributed by atoms with Gasteiger partial charge in [-0.1, -0.05) is 0 Å². The molecule has 2 nitrogen and oxygen atoms in total. The number of ketones is 1. The van der Waals surface area contributed by atoms with Gasteiger partial charge in [0.25, 0.3) is 0 Å². The summed E-state index contributed by atoms with van der Waals surface area (Å²) in [4.78, 5) is 12.6. The molecule has 0 atom stereocenters. The summed E-state index contributed by atoms with van der Waals surface area (Å²) in [6.07, 6.45) is 1.64. The number of carbonyl (C=O) groups excluding carboxylic acids is 1. The van der Waals surface area contributed by atoms with E-state index in [4.69, 9.17) is 0 Å². The molecule has 0 unspecified atom stereocenters. The summed E-state index contributed by atoms with van der Waals surface area (Å²) in [7, 11) is 0. The average molecular weight is 468 g/mol. The first-order chi connectivity index (χ1) is 13.6. The van der Waals surface area contributed by atoms with E-state index in [-0.39, 0.29) is 5.78 Å². The van der Waals surface area contributed by atoms with E-state index in [2.05, 4.69) is 84.2 Å². The molecule has 0 heterocycles. The number of nitrogens with one attached hydrogen (secondary N) is 1. The van der Waals surface area contributed by atoms with Gasteiger partial charge in [-0.3, -0.25) is 0 Å². The van der Waals surface area contributed by atoms with Crippen LogP contribution in [0.15, 0.2) is 102 Å². The van der Waals surface area contributed by atoms with Crippen molar-refractivity contribution in [3.05, 3.63) is 96.7 Å². The Morgan fingerprint density at radius 1 is 0.893 bits per heavy atom. The third-order valence-electron chi connectivity index (χ3n) is 3.80. The predicted octanol–water partition coefficient (Wildman–Crippen LogP) is 4.11. The molecule has 5 heteroatoms. The number of rotatable bonds is 8. The molecule has 28 heavy (non-hydrogen) atoms. The van der Waals surface area contributed by atoms with Crippen LogP contribution < -0.4 is 15.0 Å². The van der Waals surface area contributed by atoms with Crippen LogP contribution in [0.5, 0.6) is 0 Å². The molecule has 0 aromatic heterocycles. The Morgan fingerprint density at radius 3 is 2.18 bits per heavy atom. The minimum atomic E-state index is -0.854. The molecule has 3 aromatic rings. The van der Waals surface area contributed by atoms with E-state index in [1.54, 1.807) is 13.0 Å². The van der Waals surface area contributed by atoms with Gasteiger partial charge in [0.15, 0.2) is 0 Å². The third kappa shape index (κ3) is 6.25. The standard InChI is InChI=1S/C23H22NOSSeSi/c1-18(17-19(2)25)24-22-15-9-10-16-23(22)26-28(21-13-7-4-8-14-21)27-20-11-5-3-6-12-20/h3-17,24H,1-2H3/b18-17+. The molecule has 1 radical (unpaired) electrons. The molecule has 0 fully saturated rings. The van der Waals surface area contributed by atoms with Crippen LogP contribution in [0.25, 0.3) is 0 Å². The van der Waals surface area contributed by atoms with E-state index >= 15 is 0 Å². The topological polar surface area (TPSA) is 29.1 Å². The van der Waals surface area contributed by atoms with E-state index < -0.39 is 6.55 Å². The number of anilines is 1. The Bertz CT molecular complexity index is 947. The molecule has 0 aliphatic rings. The molecule has 0 bridgehead atoms. The van der Waals surface area contributed by atoms with E-state index in [1.165, 1.54) is 14.5 Å². The number of carbonyl (C=O) groups is 1. The number of allylic oxidation sites excluding steroid dienone is 2. The fourth-order valence-corrected chi connectivity index (χ4v) is 14.4. The van der Waals surface area contributed by atoms with Gasteiger partial charge >= 0.3 is 179 Å². The van der Waals surface area contributed by atoms with E-state index in [0.717, 1.165) is 11.4 Å². The summed E-state index contributed by atoms with van der Waals surface area (Å²) in [6, 6.07) is 30.0. The van der Waals surface area contributed by atoms with Crippen molar-refractivity contribution in [2.45, 2.75) is 18.7 Å². The first-order valence-electron chi connectivity index (χ1n) is 9.00. The predicted molar refractivity (Wildman–Crippen MR) is 124 cm³/mol. The fraction of sp³-hybridized carbons (Fsp3) is 0.0870. The number of benzene rings is 3. The molecule has 141 valence electrons. The van der Waals surface area contributed by atoms with Crippen LogP contribution >= 0.6 is 11.2 Å². The summed E-state index contributed by atoms with van der Waals surface area (Å²) < 4.78 is 1.43. The van der Waals surface area contributed by atoms with Crippen LogP contribution in [-0.4, -0.2) is 26.7 Å². The quantitative estimate of drug-likeness (QED) is 0.399. The van der Waals surface area contributed by atoms with Crippen molar-refractivity contribution in [2.75, 3.05) is 5.32 Å². The van der Waals surface area contributed by atoms with Crippen LogP contribution in [-0.2, 0) is 4.79 Å². The molecular formula is C23H22NOSSeSi. The van der Waals surface area contributed by atoms with Crippen molar-refractivity contribution in [3.63, 3.8) is 0 Å². The summed E-state index contributed by atoms with van der Waals surface area (Å²) >= 11 is 2.36. The van der Waals surface area contributed by atoms with Gasteiger partial charge in [-0.25, -0.2) is 0 Å². The van der Waals surface area contributed by atoms with Crippen LogP contribution in [0.2, 0.25) is 0 Å². The first-order valence-corrected chi connectivity index (χ1v) is 15.4. The van der Waals surface area contributed by atoms with Crippen LogP contribution in [0.3, 0.4) is 0 Å². The van der Waals surface area contributed by atoms with Crippen LogP contribution in [0, 0.1) is 0 Å². The normalized spacial score (nSPS) is 11.5. The molecule has 0 saturated heterocycles. The Morgan fingerprint density at radius 2 is 1.50 bits per heavy atom. The van der Waals surface area contributed by atoms with Crippen molar-refractivity contribution in [3.8, 4) is 0 Å². The van der Waals surface area contributed by atoms with E-state index in [9.17, 15) is 4.79 Å². The zero-order valence-corrected chi connectivity index (χ0v) is 19.4. The summed E-state index contributed by atoms with van der Waals surface area (Å²) in [6.45, 7) is 2.65. The van der Waals surface area contributed by atoms with Crippen LogP contribution in [0.1, 0.15) is 13.8 Å². The molecular weight excluding hydrogens is 445 g/mol. The van der Waals surface area contributed by atoms with Gasteiger partial charge in [-0.15, -0.1) is 0 Å². The minimum absolute atomic E-state index is 0.0524. The molecule has 1 N–H and O–H groups in total. The second kappa shape index (κ2) is 10.5. The maximum atomic E-state index is 11.4. The van der Waals surface area contributed by atoms with Gasteiger partial charge in [-0.2, -0.15) is 0 Å². The zero-order chi connectivity index (χ0) is 19.8. The molecule has 3 rings (SSSR count). The van der Waals surface area contributed by atoms with E-state index in [1.807, 2.05) is 24.2 Å². The summed E-state index contributed by atoms with van der Waals surface area (Å²) in [5.41, 5.74) is 1.92. The van der Waals surface area contributed by atoms with Gasteiger partial charge in [0.2, 0.25) is 0 Å². The first kappa shape index (κ1) is 20.7. The molecule has 0 aliphatic heterocycles. The molecule has 0 amide bonds. The second-order valence-corrected chi connectivity index (χ2v) is 16.7. The maximum absolute atomic E-state index is 11.4. The summed E-state index contributed by atoms with van der Waals surface area (Å²) in [5, 5.41) is 4.84. The number of hydrogen-bond acceptors (Lipinski definition) is 3. The summed E-state index contributed by atoms with van der Waals surface area (Å²) in [5.74, 6) is 0.0524. The van der Waals surface area contributed by atoms with Gasteiger partial charge in [0.1, 0.15) is 0 Å². The number of hydrogen-bond donors (Lipinski definition) is 1.